The number of carbonyl (C=O) groups excluding carboxylic acids is 1. The predicted octanol–water partition coefficient (Wildman–Crippen LogP) is 4.93. The molecule has 170 valence electrons. The number of anilines is 1. The van der Waals surface area contributed by atoms with E-state index in [9.17, 15) is 4.79 Å². The van der Waals surface area contributed by atoms with Gasteiger partial charge in [-0.2, -0.15) is 0 Å². The van der Waals surface area contributed by atoms with Gasteiger partial charge < -0.3 is 24.1 Å². The van der Waals surface area contributed by atoms with Gasteiger partial charge >= 0.3 is 0 Å². The second kappa shape index (κ2) is 11.3. The molecule has 0 spiro atoms. The van der Waals surface area contributed by atoms with Gasteiger partial charge in [-0.15, -0.1) is 10.2 Å². The molecule has 0 radical (unpaired) electrons. The third-order valence-corrected chi connectivity index (χ3v) is 5.89. The third kappa shape index (κ3) is 5.99. The summed E-state index contributed by atoms with van der Waals surface area (Å²) in [6.07, 6.45) is 0. The Morgan fingerprint density at radius 1 is 1.09 bits per heavy atom. The number of amides is 1. The monoisotopic (exact) mass is 496 g/mol. The van der Waals surface area contributed by atoms with Gasteiger partial charge in [-0.1, -0.05) is 35.0 Å². The number of carbonyl (C=O) groups is 1. The molecule has 8 nitrogen and oxygen atoms in total. The SMILES string of the molecule is CCn1c(COc2ccc(Cl)cc2)nnc1SCC(=O)Nc1cc(OC)c(Cl)cc1OC. The fourth-order valence-corrected chi connectivity index (χ4v) is 3.98. The molecule has 0 aliphatic carbocycles. The highest BCUT2D eigenvalue weighted by Crippen LogP contribution is 2.36. The van der Waals surface area contributed by atoms with E-state index in [1.807, 2.05) is 11.5 Å². The summed E-state index contributed by atoms with van der Waals surface area (Å²) < 4.78 is 18.2. The van der Waals surface area contributed by atoms with Crippen molar-refractivity contribution in [1.29, 1.82) is 0 Å². The highest BCUT2D eigenvalue weighted by molar-refractivity contribution is 7.99. The Morgan fingerprint density at radius 3 is 2.47 bits per heavy atom. The lowest BCUT2D eigenvalue weighted by molar-refractivity contribution is -0.113. The minimum atomic E-state index is -0.234. The summed E-state index contributed by atoms with van der Waals surface area (Å²) in [5.41, 5.74) is 0.466. The maximum absolute atomic E-state index is 12.5. The van der Waals surface area contributed by atoms with Crippen LogP contribution in [-0.2, 0) is 17.9 Å². The standard InChI is InChI=1S/C21H22Cl2N4O4S/c1-4-27-19(11-31-14-7-5-13(22)6-8-14)25-26-21(27)32-12-20(28)24-16-10-17(29-2)15(23)9-18(16)30-3/h5-10H,4,11-12H2,1-3H3,(H,24,28). The second-order valence-electron chi connectivity index (χ2n) is 6.41. The first-order chi connectivity index (χ1) is 15.4. The molecule has 0 bridgehead atoms. The molecular weight excluding hydrogens is 475 g/mol. The summed E-state index contributed by atoms with van der Waals surface area (Å²) in [4.78, 5) is 12.5. The minimum Gasteiger partial charge on any atom is -0.495 e. The van der Waals surface area contributed by atoms with E-state index in [0.717, 1.165) is 0 Å². The Hall–Kier alpha value is -2.62. The Bertz CT molecular complexity index is 1080. The molecule has 0 aliphatic rings. The molecule has 0 saturated heterocycles. The molecule has 3 aromatic rings. The van der Waals surface area contributed by atoms with Crippen LogP contribution in [0.2, 0.25) is 10.0 Å². The van der Waals surface area contributed by atoms with E-state index < -0.39 is 0 Å². The highest BCUT2D eigenvalue weighted by atomic mass is 35.5. The number of hydrogen-bond donors (Lipinski definition) is 1. The molecule has 1 aromatic heterocycles. The number of ether oxygens (including phenoxy) is 3. The number of rotatable bonds is 10. The number of benzene rings is 2. The van der Waals surface area contributed by atoms with E-state index in [1.54, 1.807) is 36.4 Å². The fraction of sp³-hybridized carbons (Fsp3) is 0.286. The molecule has 3 rings (SSSR count). The summed E-state index contributed by atoms with van der Waals surface area (Å²) in [5, 5.41) is 12.9. The molecule has 0 fully saturated rings. The average Bonchev–Trinajstić information content (AvgIpc) is 3.19. The topological polar surface area (TPSA) is 87.5 Å². The normalized spacial score (nSPS) is 10.7. The molecule has 1 heterocycles. The molecule has 1 amide bonds. The third-order valence-electron chi connectivity index (χ3n) is 4.37. The van der Waals surface area contributed by atoms with Crippen LogP contribution in [0.5, 0.6) is 17.2 Å². The largest absolute Gasteiger partial charge is 0.495 e. The van der Waals surface area contributed by atoms with Crippen LogP contribution in [0.15, 0.2) is 41.6 Å². The molecular formula is C21H22Cl2N4O4S. The Kier molecular flexibility index (Phi) is 8.49. The minimum absolute atomic E-state index is 0.129. The number of nitrogens with zero attached hydrogens (tertiary/aromatic N) is 3. The van der Waals surface area contributed by atoms with Crippen molar-refractivity contribution >= 4 is 46.6 Å². The summed E-state index contributed by atoms with van der Waals surface area (Å²) in [6.45, 7) is 2.86. The van der Waals surface area contributed by atoms with Crippen molar-refractivity contribution < 1.29 is 19.0 Å². The van der Waals surface area contributed by atoms with Crippen LogP contribution in [0.25, 0.3) is 0 Å². The zero-order chi connectivity index (χ0) is 23.1. The average molecular weight is 497 g/mol. The van der Waals surface area contributed by atoms with Crippen molar-refractivity contribution in [2.24, 2.45) is 0 Å². The molecule has 0 unspecified atom stereocenters. The van der Waals surface area contributed by atoms with Gasteiger partial charge in [0.2, 0.25) is 5.91 Å². The Labute approximate surface area is 200 Å². The van der Waals surface area contributed by atoms with Crippen molar-refractivity contribution in [3.05, 3.63) is 52.3 Å². The van der Waals surface area contributed by atoms with E-state index >= 15 is 0 Å². The van der Waals surface area contributed by atoms with E-state index in [4.69, 9.17) is 37.4 Å². The predicted molar refractivity (Wildman–Crippen MR) is 125 cm³/mol. The lowest BCUT2D eigenvalue weighted by Gasteiger charge is -2.13. The van der Waals surface area contributed by atoms with Crippen molar-refractivity contribution in [3.8, 4) is 17.2 Å². The van der Waals surface area contributed by atoms with Gasteiger partial charge in [0.15, 0.2) is 11.0 Å². The molecule has 0 atom stereocenters. The highest BCUT2D eigenvalue weighted by Gasteiger charge is 2.16. The van der Waals surface area contributed by atoms with Crippen LogP contribution >= 0.6 is 35.0 Å². The molecule has 0 saturated carbocycles. The van der Waals surface area contributed by atoms with Crippen molar-refractivity contribution in [1.82, 2.24) is 14.8 Å². The van der Waals surface area contributed by atoms with Gasteiger partial charge in [-0.3, -0.25) is 4.79 Å². The zero-order valence-electron chi connectivity index (χ0n) is 17.7. The number of nitrogens with one attached hydrogen (secondary N) is 1. The molecule has 1 N–H and O–H groups in total. The van der Waals surface area contributed by atoms with Gasteiger partial charge in [-0.05, 0) is 31.2 Å². The fourth-order valence-electron chi connectivity index (χ4n) is 2.80. The van der Waals surface area contributed by atoms with Crippen LogP contribution in [0.3, 0.4) is 0 Å². The van der Waals surface area contributed by atoms with Gasteiger partial charge in [0.25, 0.3) is 0 Å². The molecule has 11 heteroatoms. The van der Waals surface area contributed by atoms with Crippen molar-refractivity contribution in [2.75, 3.05) is 25.3 Å². The number of methoxy groups -OCH3 is 2. The van der Waals surface area contributed by atoms with Crippen LogP contribution in [-0.4, -0.2) is 40.6 Å². The van der Waals surface area contributed by atoms with Crippen LogP contribution < -0.4 is 19.5 Å². The number of aromatic nitrogens is 3. The number of thioether (sulfide) groups is 1. The first-order valence-electron chi connectivity index (χ1n) is 9.59. The van der Waals surface area contributed by atoms with E-state index in [-0.39, 0.29) is 18.3 Å². The first kappa shape index (κ1) is 24.0. The molecule has 0 aliphatic heterocycles. The number of halogens is 2. The van der Waals surface area contributed by atoms with Gasteiger partial charge in [-0.25, -0.2) is 0 Å². The first-order valence-corrected chi connectivity index (χ1v) is 11.3. The quantitative estimate of drug-likeness (QED) is 0.398. The van der Waals surface area contributed by atoms with Crippen molar-refractivity contribution in [2.45, 2.75) is 25.2 Å². The lowest BCUT2D eigenvalue weighted by Crippen LogP contribution is -2.15. The summed E-state index contributed by atoms with van der Waals surface area (Å²) in [5.74, 6) is 2.11. The van der Waals surface area contributed by atoms with E-state index in [1.165, 1.54) is 26.0 Å². The zero-order valence-corrected chi connectivity index (χ0v) is 20.1. The molecule has 32 heavy (non-hydrogen) atoms. The molecule has 2 aromatic carbocycles. The van der Waals surface area contributed by atoms with Gasteiger partial charge in [0.1, 0.15) is 23.9 Å². The van der Waals surface area contributed by atoms with E-state index in [2.05, 4.69) is 15.5 Å². The lowest BCUT2D eigenvalue weighted by atomic mass is 10.2. The van der Waals surface area contributed by atoms with Crippen molar-refractivity contribution in [3.63, 3.8) is 0 Å². The van der Waals surface area contributed by atoms with Crippen LogP contribution in [0.4, 0.5) is 5.69 Å². The Morgan fingerprint density at radius 2 is 1.81 bits per heavy atom. The summed E-state index contributed by atoms with van der Waals surface area (Å²) in [6, 6.07) is 10.3. The number of hydrogen-bond acceptors (Lipinski definition) is 7. The Balaban J connectivity index is 1.62. The summed E-state index contributed by atoms with van der Waals surface area (Å²) in [7, 11) is 3.00. The second-order valence-corrected chi connectivity index (χ2v) is 8.20. The summed E-state index contributed by atoms with van der Waals surface area (Å²) >= 11 is 13.3. The van der Waals surface area contributed by atoms with Gasteiger partial charge in [0, 0.05) is 23.7 Å². The van der Waals surface area contributed by atoms with Crippen LogP contribution in [0, 0.1) is 0 Å². The van der Waals surface area contributed by atoms with E-state index in [0.29, 0.717) is 50.5 Å². The smallest absolute Gasteiger partial charge is 0.234 e. The maximum Gasteiger partial charge on any atom is 0.234 e. The maximum atomic E-state index is 12.5. The van der Waals surface area contributed by atoms with Gasteiger partial charge in [0.05, 0.1) is 30.7 Å². The van der Waals surface area contributed by atoms with Crippen LogP contribution in [0.1, 0.15) is 12.7 Å².